The fraction of sp³-hybridized carbons (Fsp3) is 0.444. The average Bonchev–Trinajstić information content (AvgIpc) is 3.01. The summed E-state index contributed by atoms with van der Waals surface area (Å²) in [5.41, 5.74) is 2.34. The van der Waals surface area contributed by atoms with Crippen LogP contribution in [0.25, 0.3) is 0 Å². The van der Waals surface area contributed by atoms with E-state index >= 15 is 0 Å². The maximum atomic E-state index is 12.5. The van der Waals surface area contributed by atoms with Gasteiger partial charge < -0.3 is 9.64 Å². The fourth-order valence-electron chi connectivity index (χ4n) is 2.43. The van der Waals surface area contributed by atoms with Gasteiger partial charge in [0.1, 0.15) is 0 Å². The third kappa shape index (κ3) is 5.09. The van der Waals surface area contributed by atoms with Gasteiger partial charge in [-0.1, -0.05) is 24.3 Å². The van der Waals surface area contributed by atoms with E-state index in [9.17, 15) is 4.79 Å². The zero-order chi connectivity index (χ0) is 17.4. The summed E-state index contributed by atoms with van der Waals surface area (Å²) >= 11 is 0. The van der Waals surface area contributed by atoms with E-state index in [4.69, 9.17) is 4.74 Å². The molecule has 6 heteroatoms. The highest BCUT2D eigenvalue weighted by Crippen LogP contribution is 2.12. The Hall–Kier alpha value is -2.34. The molecule has 0 saturated heterocycles. The van der Waals surface area contributed by atoms with Crippen molar-refractivity contribution in [2.24, 2.45) is 0 Å². The number of amides is 2. The van der Waals surface area contributed by atoms with Crippen LogP contribution < -0.4 is 5.32 Å². The number of aromatic nitrogens is 2. The topological polar surface area (TPSA) is 59.4 Å². The van der Waals surface area contributed by atoms with Crippen LogP contribution in [-0.2, 0) is 17.8 Å². The lowest BCUT2D eigenvalue weighted by Crippen LogP contribution is -2.34. The number of ether oxygens (including phenoxy) is 1. The lowest BCUT2D eigenvalue weighted by Gasteiger charge is -2.21. The Morgan fingerprint density at radius 2 is 2.12 bits per heavy atom. The van der Waals surface area contributed by atoms with Crippen molar-refractivity contribution in [3.05, 3.63) is 47.7 Å². The standard InChI is InChI=1S/C18H26N4O2/c1-4-21(14-16-9-6-5-8-15(16)2)18(23)19-17-10-12-22(20-17)11-7-13-24-3/h5-6,8-10,12H,4,7,11,13-14H2,1-3H3,(H,19,20,23). The Kier molecular flexibility index (Phi) is 6.81. The minimum Gasteiger partial charge on any atom is -0.385 e. The third-order valence-electron chi connectivity index (χ3n) is 3.90. The quantitative estimate of drug-likeness (QED) is 0.756. The molecule has 2 aromatic rings. The number of anilines is 1. The number of hydrogen-bond acceptors (Lipinski definition) is 3. The highest BCUT2D eigenvalue weighted by atomic mass is 16.5. The number of methoxy groups -OCH3 is 1. The average molecular weight is 330 g/mol. The van der Waals surface area contributed by atoms with Crippen molar-refractivity contribution in [3.63, 3.8) is 0 Å². The molecular weight excluding hydrogens is 304 g/mol. The van der Waals surface area contributed by atoms with Gasteiger partial charge in [0.25, 0.3) is 0 Å². The number of benzene rings is 1. The van der Waals surface area contributed by atoms with E-state index in [1.807, 2.05) is 36.0 Å². The number of nitrogens with one attached hydrogen (secondary N) is 1. The first kappa shape index (κ1) is 18.0. The molecule has 0 atom stereocenters. The molecule has 2 amide bonds. The molecule has 0 fully saturated rings. The van der Waals surface area contributed by atoms with Crippen LogP contribution in [0.1, 0.15) is 24.5 Å². The van der Waals surface area contributed by atoms with E-state index in [0.717, 1.165) is 18.5 Å². The Morgan fingerprint density at radius 3 is 2.83 bits per heavy atom. The van der Waals surface area contributed by atoms with Gasteiger partial charge in [-0.2, -0.15) is 5.10 Å². The Labute approximate surface area is 143 Å². The molecule has 0 unspecified atom stereocenters. The van der Waals surface area contributed by atoms with Gasteiger partial charge in [-0.15, -0.1) is 0 Å². The summed E-state index contributed by atoms with van der Waals surface area (Å²) in [6.07, 6.45) is 2.75. The highest BCUT2D eigenvalue weighted by molar-refractivity contribution is 5.88. The summed E-state index contributed by atoms with van der Waals surface area (Å²) in [6, 6.07) is 9.79. The lowest BCUT2D eigenvalue weighted by molar-refractivity contribution is 0.189. The first-order valence-corrected chi connectivity index (χ1v) is 8.27. The van der Waals surface area contributed by atoms with E-state index < -0.39 is 0 Å². The molecule has 0 aliphatic rings. The van der Waals surface area contributed by atoms with Crippen LogP contribution >= 0.6 is 0 Å². The smallest absolute Gasteiger partial charge is 0.323 e. The zero-order valence-corrected chi connectivity index (χ0v) is 14.7. The molecule has 1 aromatic heterocycles. The van der Waals surface area contributed by atoms with E-state index in [-0.39, 0.29) is 6.03 Å². The second kappa shape index (κ2) is 9.08. The third-order valence-corrected chi connectivity index (χ3v) is 3.90. The van der Waals surface area contributed by atoms with Crippen molar-refractivity contribution in [2.45, 2.75) is 33.4 Å². The summed E-state index contributed by atoms with van der Waals surface area (Å²) in [4.78, 5) is 14.2. The first-order valence-electron chi connectivity index (χ1n) is 8.27. The van der Waals surface area contributed by atoms with Gasteiger partial charge >= 0.3 is 6.03 Å². The number of carbonyl (C=O) groups is 1. The van der Waals surface area contributed by atoms with E-state index in [1.165, 1.54) is 5.56 Å². The number of hydrogen-bond donors (Lipinski definition) is 1. The largest absolute Gasteiger partial charge is 0.385 e. The van der Waals surface area contributed by atoms with Crippen molar-refractivity contribution in [1.29, 1.82) is 0 Å². The van der Waals surface area contributed by atoms with Gasteiger partial charge in [-0.25, -0.2) is 4.79 Å². The van der Waals surface area contributed by atoms with Crippen molar-refractivity contribution >= 4 is 11.8 Å². The van der Waals surface area contributed by atoms with Gasteiger partial charge in [-0.05, 0) is 31.4 Å². The molecule has 1 heterocycles. The maximum absolute atomic E-state index is 12.5. The van der Waals surface area contributed by atoms with Gasteiger partial charge in [0.15, 0.2) is 5.82 Å². The summed E-state index contributed by atoms with van der Waals surface area (Å²) in [6.45, 7) is 6.72. The summed E-state index contributed by atoms with van der Waals surface area (Å²) in [7, 11) is 1.68. The Balaban J connectivity index is 1.93. The van der Waals surface area contributed by atoms with E-state index in [0.29, 0.717) is 25.5 Å². The minimum atomic E-state index is -0.136. The van der Waals surface area contributed by atoms with E-state index in [1.54, 1.807) is 12.0 Å². The molecule has 0 radical (unpaired) electrons. The van der Waals surface area contributed by atoms with Gasteiger partial charge in [0.2, 0.25) is 0 Å². The SMILES string of the molecule is CCN(Cc1ccccc1C)C(=O)Nc1ccn(CCCOC)n1. The van der Waals surface area contributed by atoms with Crippen molar-refractivity contribution in [1.82, 2.24) is 14.7 Å². The predicted molar refractivity (Wildman–Crippen MR) is 95.0 cm³/mol. The summed E-state index contributed by atoms with van der Waals surface area (Å²) in [5.74, 6) is 0.570. The number of urea groups is 1. The number of rotatable bonds is 8. The van der Waals surface area contributed by atoms with Crippen molar-refractivity contribution in [2.75, 3.05) is 25.6 Å². The Bertz CT molecular complexity index is 654. The van der Waals surface area contributed by atoms with Gasteiger partial charge in [0, 0.05) is 45.6 Å². The normalized spacial score (nSPS) is 10.6. The van der Waals surface area contributed by atoms with Crippen LogP contribution in [0.5, 0.6) is 0 Å². The molecule has 0 saturated carbocycles. The second-order valence-corrected chi connectivity index (χ2v) is 5.68. The Morgan fingerprint density at radius 1 is 1.33 bits per heavy atom. The molecular formula is C18H26N4O2. The summed E-state index contributed by atoms with van der Waals surface area (Å²) in [5, 5.41) is 7.23. The number of carbonyl (C=O) groups excluding carboxylic acids is 1. The number of aryl methyl sites for hydroxylation is 2. The van der Waals surface area contributed by atoms with Crippen LogP contribution in [0, 0.1) is 6.92 Å². The highest BCUT2D eigenvalue weighted by Gasteiger charge is 2.14. The molecule has 24 heavy (non-hydrogen) atoms. The van der Waals surface area contributed by atoms with E-state index in [2.05, 4.69) is 29.5 Å². The van der Waals surface area contributed by atoms with Crippen molar-refractivity contribution in [3.8, 4) is 0 Å². The minimum absolute atomic E-state index is 0.136. The first-order chi connectivity index (χ1) is 11.6. The van der Waals surface area contributed by atoms with Crippen LogP contribution in [-0.4, -0.2) is 41.0 Å². The fourth-order valence-corrected chi connectivity index (χ4v) is 2.43. The van der Waals surface area contributed by atoms with Gasteiger partial charge in [-0.3, -0.25) is 10.00 Å². The molecule has 1 aromatic carbocycles. The second-order valence-electron chi connectivity index (χ2n) is 5.68. The molecule has 130 valence electrons. The van der Waals surface area contributed by atoms with Gasteiger partial charge in [0.05, 0.1) is 0 Å². The molecule has 0 spiro atoms. The van der Waals surface area contributed by atoms with Crippen LogP contribution in [0.2, 0.25) is 0 Å². The van der Waals surface area contributed by atoms with Crippen LogP contribution in [0.15, 0.2) is 36.5 Å². The monoisotopic (exact) mass is 330 g/mol. The van der Waals surface area contributed by atoms with Crippen LogP contribution in [0.3, 0.4) is 0 Å². The predicted octanol–water partition coefficient (Wildman–Crippen LogP) is 3.28. The summed E-state index contributed by atoms with van der Waals surface area (Å²) < 4.78 is 6.84. The molecule has 0 bridgehead atoms. The molecule has 2 rings (SSSR count). The maximum Gasteiger partial charge on any atom is 0.323 e. The zero-order valence-electron chi connectivity index (χ0n) is 14.7. The molecule has 0 aliphatic heterocycles. The number of nitrogens with zero attached hydrogens (tertiary/aromatic N) is 3. The molecule has 6 nitrogen and oxygen atoms in total. The lowest BCUT2D eigenvalue weighted by atomic mass is 10.1. The molecule has 0 aliphatic carbocycles. The van der Waals surface area contributed by atoms with Crippen molar-refractivity contribution < 1.29 is 9.53 Å². The molecule has 1 N–H and O–H groups in total. The van der Waals surface area contributed by atoms with Crippen LogP contribution in [0.4, 0.5) is 10.6 Å².